The van der Waals surface area contributed by atoms with Crippen molar-refractivity contribution >= 4 is 23.1 Å². The average Bonchev–Trinajstić information content (AvgIpc) is 3.13. The molecule has 0 spiro atoms. The van der Waals surface area contributed by atoms with Gasteiger partial charge in [0.05, 0.1) is 0 Å². The Morgan fingerprint density at radius 3 is 3.16 bits per heavy atom. The van der Waals surface area contributed by atoms with Crippen LogP contribution in [0.1, 0.15) is 23.2 Å². The summed E-state index contributed by atoms with van der Waals surface area (Å²) in [5, 5.41) is 5.86. The Balaban J connectivity index is 1.75. The average molecular weight is 293 g/mol. The van der Waals surface area contributed by atoms with E-state index in [0.29, 0.717) is 0 Å². The lowest BCUT2D eigenvalue weighted by Gasteiger charge is -2.19. The lowest BCUT2D eigenvalue weighted by molar-refractivity contribution is 0.478. The van der Waals surface area contributed by atoms with Crippen LogP contribution in [0, 0.1) is 5.92 Å². The van der Waals surface area contributed by atoms with Crippen LogP contribution in [0.2, 0.25) is 0 Å². The van der Waals surface area contributed by atoms with Gasteiger partial charge in [-0.15, -0.1) is 11.3 Å². The largest absolute Gasteiger partial charge is 0.336 e. The van der Waals surface area contributed by atoms with E-state index in [9.17, 15) is 0 Å². The molecule has 0 radical (unpaired) electrons. The molecule has 102 valence electrons. The molecule has 0 aliphatic carbocycles. The van der Waals surface area contributed by atoms with E-state index in [-0.39, 0.29) is 6.04 Å². The van der Waals surface area contributed by atoms with Gasteiger partial charge in [-0.1, -0.05) is 6.07 Å². The third kappa shape index (κ3) is 3.04. The molecule has 1 N–H and O–H groups in total. The van der Waals surface area contributed by atoms with Gasteiger partial charge in [0.1, 0.15) is 11.9 Å². The van der Waals surface area contributed by atoms with Crippen molar-refractivity contribution in [2.45, 2.75) is 12.5 Å². The van der Waals surface area contributed by atoms with Crippen LogP contribution in [-0.2, 0) is 7.05 Å². The predicted molar refractivity (Wildman–Crippen MR) is 82.8 cm³/mol. The van der Waals surface area contributed by atoms with Gasteiger partial charge >= 0.3 is 0 Å². The van der Waals surface area contributed by atoms with Crippen LogP contribution in [0.15, 0.2) is 29.9 Å². The highest BCUT2D eigenvalue weighted by Crippen LogP contribution is 2.27. The zero-order chi connectivity index (χ0) is 13.1. The van der Waals surface area contributed by atoms with Crippen LogP contribution in [0.25, 0.3) is 0 Å². The van der Waals surface area contributed by atoms with Crippen molar-refractivity contribution < 1.29 is 0 Å². The molecule has 1 aliphatic heterocycles. The Morgan fingerprint density at radius 2 is 2.53 bits per heavy atom. The Hall–Kier alpha value is -0.780. The number of hydrogen-bond donors (Lipinski definition) is 1. The maximum absolute atomic E-state index is 4.52. The fourth-order valence-electron chi connectivity index (χ4n) is 2.46. The number of rotatable bonds is 5. The summed E-state index contributed by atoms with van der Waals surface area (Å²) in [6, 6.07) is 4.54. The molecule has 3 heterocycles. The van der Waals surface area contributed by atoms with Crippen LogP contribution >= 0.6 is 23.1 Å². The lowest BCUT2D eigenvalue weighted by atomic mass is 10.1. The highest BCUT2D eigenvalue weighted by molar-refractivity contribution is 7.99. The predicted octanol–water partition coefficient (Wildman–Crippen LogP) is 2.91. The van der Waals surface area contributed by atoms with E-state index >= 15 is 0 Å². The van der Waals surface area contributed by atoms with Crippen LogP contribution in [0.4, 0.5) is 0 Å². The first-order valence-corrected chi connectivity index (χ1v) is 8.70. The first-order valence-electron chi connectivity index (χ1n) is 6.66. The fraction of sp³-hybridized carbons (Fsp3) is 0.500. The molecule has 19 heavy (non-hydrogen) atoms. The summed E-state index contributed by atoms with van der Waals surface area (Å²) in [4.78, 5) is 5.87. The van der Waals surface area contributed by atoms with Gasteiger partial charge in [-0.3, -0.25) is 0 Å². The van der Waals surface area contributed by atoms with Gasteiger partial charge in [0.25, 0.3) is 0 Å². The Bertz CT molecular complexity index is 501. The van der Waals surface area contributed by atoms with Crippen LogP contribution in [0.5, 0.6) is 0 Å². The molecule has 2 aromatic heterocycles. The van der Waals surface area contributed by atoms with Crippen molar-refractivity contribution in [3.63, 3.8) is 0 Å². The molecule has 2 atom stereocenters. The van der Waals surface area contributed by atoms with E-state index in [2.05, 4.69) is 51.2 Å². The number of nitrogens with zero attached hydrogens (tertiary/aromatic N) is 2. The lowest BCUT2D eigenvalue weighted by Crippen LogP contribution is -2.29. The Kier molecular flexibility index (Phi) is 4.25. The second kappa shape index (κ2) is 6.11. The summed E-state index contributed by atoms with van der Waals surface area (Å²) in [6.45, 7) is 1.09. The van der Waals surface area contributed by atoms with Crippen LogP contribution in [-0.4, -0.2) is 27.6 Å². The van der Waals surface area contributed by atoms with E-state index < -0.39 is 0 Å². The summed E-state index contributed by atoms with van der Waals surface area (Å²) in [6.07, 6.45) is 5.24. The van der Waals surface area contributed by atoms with Gasteiger partial charge in [-0.2, -0.15) is 11.8 Å². The van der Waals surface area contributed by atoms with Crippen LogP contribution in [0.3, 0.4) is 0 Å². The van der Waals surface area contributed by atoms with E-state index in [4.69, 9.17) is 0 Å². The first-order chi connectivity index (χ1) is 9.34. The number of nitrogens with one attached hydrogen (secondary N) is 1. The molecule has 2 unspecified atom stereocenters. The fourth-order valence-corrected chi connectivity index (χ4v) is 4.54. The molecular weight excluding hydrogens is 274 g/mol. The molecule has 3 rings (SSSR count). The number of thiophene rings is 1. The first kappa shape index (κ1) is 13.2. The standard InChI is InChI=1S/C14H19N3S2/c1-17-6-5-15-14(17)13(12-3-2-7-19-12)16-9-11-4-8-18-10-11/h2-3,5-7,11,13,16H,4,8-10H2,1H3. The third-order valence-electron chi connectivity index (χ3n) is 3.58. The molecule has 3 nitrogen and oxygen atoms in total. The maximum Gasteiger partial charge on any atom is 0.131 e. The summed E-state index contributed by atoms with van der Waals surface area (Å²) in [7, 11) is 2.07. The summed E-state index contributed by atoms with van der Waals surface area (Å²) < 4.78 is 2.11. The normalized spacial score (nSPS) is 20.8. The van der Waals surface area contributed by atoms with Crippen LogP contribution < -0.4 is 5.32 Å². The molecular formula is C14H19N3S2. The van der Waals surface area contributed by atoms with Crippen molar-refractivity contribution in [2.75, 3.05) is 18.1 Å². The number of aryl methyl sites for hydroxylation is 1. The molecule has 1 saturated heterocycles. The van der Waals surface area contributed by atoms with Gasteiger partial charge in [-0.05, 0) is 41.8 Å². The summed E-state index contributed by atoms with van der Waals surface area (Å²) >= 11 is 3.87. The molecule has 2 aromatic rings. The monoisotopic (exact) mass is 293 g/mol. The minimum atomic E-state index is 0.227. The van der Waals surface area contributed by atoms with Crippen molar-refractivity contribution in [3.05, 3.63) is 40.6 Å². The molecule has 0 aromatic carbocycles. The second-order valence-electron chi connectivity index (χ2n) is 4.98. The van der Waals surface area contributed by atoms with Gasteiger partial charge in [0, 0.05) is 24.3 Å². The third-order valence-corrected chi connectivity index (χ3v) is 5.75. The zero-order valence-corrected chi connectivity index (χ0v) is 12.7. The van der Waals surface area contributed by atoms with Gasteiger partial charge in [0.2, 0.25) is 0 Å². The highest BCUT2D eigenvalue weighted by Gasteiger charge is 2.22. The minimum Gasteiger partial charge on any atom is -0.336 e. The molecule has 0 bridgehead atoms. The molecule has 5 heteroatoms. The SMILES string of the molecule is Cn1ccnc1C(NCC1CCSC1)c1cccs1. The number of hydrogen-bond acceptors (Lipinski definition) is 4. The van der Waals surface area contributed by atoms with Crippen molar-refractivity contribution in [1.82, 2.24) is 14.9 Å². The smallest absolute Gasteiger partial charge is 0.131 e. The quantitative estimate of drug-likeness (QED) is 0.919. The van der Waals surface area contributed by atoms with Crippen molar-refractivity contribution in [1.29, 1.82) is 0 Å². The highest BCUT2D eigenvalue weighted by atomic mass is 32.2. The van der Waals surface area contributed by atoms with E-state index in [1.807, 2.05) is 12.4 Å². The van der Waals surface area contributed by atoms with E-state index in [1.165, 1.54) is 22.8 Å². The zero-order valence-electron chi connectivity index (χ0n) is 11.1. The number of thioether (sulfide) groups is 1. The molecule has 1 aliphatic rings. The topological polar surface area (TPSA) is 29.9 Å². The second-order valence-corrected chi connectivity index (χ2v) is 7.11. The van der Waals surface area contributed by atoms with Crippen molar-refractivity contribution in [2.24, 2.45) is 13.0 Å². The Morgan fingerprint density at radius 1 is 1.58 bits per heavy atom. The van der Waals surface area contributed by atoms with Crippen molar-refractivity contribution in [3.8, 4) is 0 Å². The van der Waals surface area contributed by atoms with Gasteiger partial charge in [-0.25, -0.2) is 4.98 Å². The van der Waals surface area contributed by atoms with E-state index in [1.54, 1.807) is 11.3 Å². The molecule has 1 fully saturated rings. The number of imidazole rings is 1. The molecule has 0 saturated carbocycles. The van der Waals surface area contributed by atoms with E-state index in [0.717, 1.165) is 18.3 Å². The molecule has 0 amide bonds. The minimum absolute atomic E-state index is 0.227. The summed E-state index contributed by atoms with van der Waals surface area (Å²) in [5.41, 5.74) is 0. The summed E-state index contributed by atoms with van der Waals surface area (Å²) in [5.74, 6) is 4.53. The van der Waals surface area contributed by atoms with Gasteiger partial charge < -0.3 is 9.88 Å². The Labute approximate surface area is 122 Å². The van der Waals surface area contributed by atoms with Gasteiger partial charge in [0.15, 0.2) is 0 Å². The maximum atomic E-state index is 4.52. The number of aromatic nitrogens is 2.